The summed E-state index contributed by atoms with van der Waals surface area (Å²) in [5.74, 6) is 0.118. The van der Waals surface area contributed by atoms with Gasteiger partial charge in [-0.3, -0.25) is 9.59 Å². The van der Waals surface area contributed by atoms with E-state index in [-0.39, 0.29) is 24.1 Å². The van der Waals surface area contributed by atoms with Crippen molar-refractivity contribution in [3.05, 3.63) is 68.9 Å². The van der Waals surface area contributed by atoms with Gasteiger partial charge in [-0.05, 0) is 37.3 Å². The van der Waals surface area contributed by atoms with Crippen molar-refractivity contribution in [2.75, 3.05) is 11.1 Å². The number of carbonyl (C=O) groups is 2. The van der Waals surface area contributed by atoms with E-state index in [2.05, 4.69) is 20.8 Å². The molecule has 2 N–H and O–H groups in total. The Morgan fingerprint density at radius 2 is 1.84 bits per heavy atom. The molecular formula is C20H18Cl3N5O2S. The summed E-state index contributed by atoms with van der Waals surface area (Å²) in [6.45, 7) is 2.68. The first-order valence-electron chi connectivity index (χ1n) is 9.21. The zero-order valence-electron chi connectivity index (χ0n) is 16.4. The Morgan fingerprint density at radius 3 is 2.58 bits per heavy atom. The third-order valence-corrected chi connectivity index (χ3v) is 6.03. The molecular weight excluding hydrogens is 481 g/mol. The SMILES string of the molecule is CCn1c(CNC(=O)c2ccccc2Cl)nnc1SCC(=O)Nc1cc(Cl)ccc1Cl. The molecule has 1 aromatic heterocycles. The number of amides is 2. The molecule has 0 aliphatic carbocycles. The topological polar surface area (TPSA) is 88.9 Å². The van der Waals surface area contributed by atoms with Crippen molar-refractivity contribution in [2.45, 2.75) is 25.2 Å². The molecule has 0 aliphatic rings. The summed E-state index contributed by atoms with van der Waals surface area (Å²) in [7, 11) is 0. The third-order valence-electron chi connectivity index (χ3n) is 4.17. The molecule has 0 spiro atoms. The second-order valence-electron chi connectivity index (χ2n) is 6.27. The molecule has 0 saturated heterocycles. The molecule has 0 bridgehead atoms. The number of hydrogen-bond acceptors (Lipinski definition) is 5. The van der Waals surface area contributed by atoms with Crippen LogP contribution < -0.4 is 10.6 Å². The van der Waals surface area contributed by atoms with Crippen LogP contribution in [0.4, 0.5) is 5.69 Å². The van der Waals surface area contributed by atoms with Gasteiger partial charge in [-0.1, -0.05) is 58.7 Å². The molecule has 3 aromatic rings. The number of carbonyl (C=O) groups excluding carboxylic acids is 2. The monoisotopic (exact) mass is 497 g/mol. The molecule has 11 heteroatoms. The number of aromatic nitrogens is 3. The van der Waals surface area contributed by atoms with Gasteiger partial charge in [-0.25, -0.2) is 0 Å². The Morgan fingerprint density at radius 1 is 1.06 bits per heavy atom. The zero-order valence-corrected chi connectivity index (χ0v) is 19.4. The van der Waals surface area contributed by atoms with Crippen LogP contribution in [0.5, 0.6) is 0 Å². The molecule has 0 aliphatic heterocycles. The smallest absolute Gasteiger partial charge is 0.253 e. The van der Waals surface area contributed by atoms with E-state index < -0.39 is 0 Å². The quantitative estimate of drug-likeness (QED) is 0.430. The lowest BCUT2D eigenvalue weighted by Gasteiger charge is -2.10. The molecule has 0 radical (unpaired) electrons. The first kappa shape index (κ1) is 23.4. The van der Waals surface area contributed by atoms with Crippen molar-refractivity contribution in [3.63, 3.8) is 0 Å². The molecule has 7 nitrogen and oxygen atoms in total. The number of hydrogen-bond donors (Lipinski definition) is 2. The summed E-state index contributed by atoms with van der Waals surface area (Å²) in [6, 6.07) is 11.6. The fraction of sp³-hybridized carbons (Fsp3) is 0.200. The van der Waals surface area contributed by atoms with Gasteiger partial charge in [-0.2, -0.15) is 0 Å². The van der Waals surface area contributed by atoms with Gasteiger partial charge >= 0.3 is 0 Å². The Hall–Kier alpha value is -2.26. The maximum absolute atomic E-state index is 12.4. The van der Waals surface area contributed by atoms with Gasteiger partial charge in [0.1, 0.15) is 0 Å². The normalized spacial score (nSPS) is 10.7. The Labute approximate surface area is 198 Å². The van der Waals surface area contributed by atoms with Crippen LogP contribution in [0.2, 0.25) is 15.1 Å². The van der Waals surface area contributed by atoms with Crippen molar-refractivity contribution >= 4 is 64.1 Å². The number of thioether (sulfide) groups is 1. The van der Waals surface area contributed by atoms with Gasteiger partial charge in [-0.15, -0.1) is 10.2 Å². The predicted molar refractivity (Wildman–Crippen MR) is 124 cm³/mol. The molecule has 3 rings (SSSR count). The van der Waals surface area contributed by atoms with Crippen molar-refractivity contribution in [3.8, 4) is 0 Å². The van der Waals surface area contributed by atoms with Crippen LogP contribution in [-0.2, 0) is 17.9 Å². The average molecular weight is 499 g/mol. The van der Waals surface area contributed by atoms with E-state index in [9.17, 15) is 9.59 Å². The van der Waals surface area contributed by atoms with Gasteiger partial charge < -0.3 is 15.2 Å². The van der Waals surface area contributed by atoms with Gasteiger partial charge in [0.25, 0.3) is 5.91 Å². The standard InChI is InChI=1S/C20H18Cl3N5O2S/c1-2-28-17(10-24-19(30)13-5-3-4-6-14(13)22)26-27-20(28)31-11-18(29)25-16-9-12(21)7-8-15(16)23/h3-9H,2,10-11H2,1H3,(H,24,30)(H,25,29). The van der Waals surface area contributed by atoms with E-state index in [1.807, 2.05) is 11.5 Å². The van der Waals surface area contributed by atoms with Crippen molar-refractivity contribution in [2.24, 2.45) is 0 Å². The third kappa shape index (κ3) is 6.13. The van der Waals surface area contributed by atoms with Crippen molar-refractivity contribution in [1.82, 2.24) is 20.1 Å². The van der Waals surface area contributed by atoms with Crippen LogP contribution in [0.15, 0.2) is 47.6 Å². The largest absolute Gasteiger partial charge is 0.345 e. The molecule has 162 valence electrons. The summed E-state index contributed by atoms with van der Waals surface area (Å²) in [5, 5.41) is 15.6. The number of nitrogens with zero attached hydrogens (tertiary/aromatic N) is 3. The minimum Gasteiger partial charge on any atom is -0.345 e. The maximum atomic E-state index is 12.4. The first-order chi connectivity index (χ1) is 14.9. The molecule has 1 heterocycles. The van der Waals surface area contributed by atoms with Gasteiger partial charge in [0.15, 0.2) is 11.0 Å². The number of halogens is 3. The predicted octanol–water partition coefficient (Wildman–Crippen LogP) is 4.92. The summed E-state index contributed by atoms with van der Waals surface area (Å²) >= 11 is 19.3. The summed E-state index contributed by atoms with van der Waals surface area (Å²) in [6.07, 6.45) is 0. The van der Waals surface area contributed by atoms with E-state index in [1.165, 1.54) is 11.8 Å². The highest BCUT2D eigenvalue weighted by molar-refractivity contribution is 7.99. The lowest BCUT2D eigenvalue weighted by molar-refractivity contribution is -0.113. The van der Waals surface area contributed by atoms with Crippen LogP contribution in [0, 0.1) is 0 Å². The van der Waals surface area contributed by atoms with Crippen molar-refractivity contribution < 1.29 is 9.59 Å². The highest BCUT2D eigenvalue weighted by atomic mass is 35.5. The minimum atomic E-state index is -0.303. The van der Waals surface area contributed by atoms with Crippen LogP contribution in [-0.4, -0.2) is 32.3 Å². The maximum Gasteiger partial charge on any atom is 0.253 e. The highest BCUT2D eigenvalue weighted by Gasteiger charge is 2.16. The molecule has 0 saturated carbocycles. The fourth-order valence-corrected chi connectivity index (χ4v) is 4.06. The van der Waals surface area contributed by atoms with E-state index >= 15 is 0 Å². The number of rotatable bonds is 8. The Bertz CT molecular complexity index is 1110. The van der Waals surface area contributed by atoms with Crippen LogP contribution >= 0.6 is 46.6 Å². The van der Waals surface area contributed by atoms with Gasteiger partial charge in [0, 0.05) is 11.6 Å². The van der Waals surface area contributed by atoms with Crippen LogP contribution in [0.25, 0.3) is 0 Å². The van der Waals surface area contributed by atoms with E-state index in [0.29, 0.717) is 43.8 Å². The fourth-order valence-electron chi connectivity index (χ4n) is 2.68. The second-order valence-corrected chi connectivity index (χ2v) is 8.46. The summed E-state index contributed by atoms with van der Waals surface area (Å²) in [5.41, 5.74) is 0.831. The number of nitrogens with one attached hydrogen (secondary N) is 2. The molecule has 0 unspecified atom stereocenters. The van der Waals surface area contributed by atoms with Crippen molar-refractivity contribution in [1.29, 1.82) is 0 Å². The van der Waals surface area contributed by atoms with Crippen LogP contribution in [0.3, 0.4) is 0 Å². The molecule has 0 atom stereocenters. The lowest BCUT2D eigenvalue weighted by Crippen LogP contribution is -2.25. The highest BCUT2D eigenvalue weighted by Crippen LogP contribution is 2.26. The van der Waals surface area contributed by atoms with Gasteiger partial charge in [0.05, 0.1) is 33.6 Å². The molecule has 0 fully saturated rings. The Balaban J connectivity index is 1.59. The van der Waals surface area contributed by atoms with E-state index in [1.54, 1.807) is 42.5 Å². The van der Waals surface area contributed by atoms with E-state index in [4.69, 9.17) is 34.8 Å². The summed E-state index contributed by atoms with van der Waals surface area (Å²) < 4.78 is 1.83. The second kappa shape index (κ2) is 10.9. The zero-order chi connectivity index (χ0) is 22.4. The van der Waals surface area contributed by atoms with Crippen LogP contribution in [0.1, 0.15) is 23.1 Å². The number of anilines is 1. The average Bonchev–Trinajstić information content (AvgIpc) is 3.15. The van der Waals surface area contributed by atoms with Gasteiger partial charge in [0.2, 0.25) is 5.91 Å². The lowest BCUT2D eigenvalue weighted by atomic mass is 10.2. The first-order valence-corrected chi connectivity index (χ1v) is 11.3. The molecule has 31 heavy (non-hydrogen) atoms. The molecule has 2 amide bonds. The number of benzene rings is 2. The minimum absolute atomic E-state index is 0.104. The van der Waals surface area contributed by atoms with E-state index in [0.717, 1.165) is 0 Å². The summed E-state index contributed by atoms with van der Waals surface area (Å²) in [4.78, 5) is 24.7. The molecule has 2 aromatic carbocycles. The Kier molecular flexibility index (Phi) is 8.20.